The summed E-state index contributed by atoms with van der Waals surface area (Å²) in [5.41, 5.74) is 0.772. The molecule has 0 saturated heterocycles. The third-order valence-corrected chi connectivity index (χ3v) is 6.24. The van der Waals surface area contributed by atoms with Gasteiger partial charge in [0.1, 0.15) is 0 Å². The maximum Gasteiger partial charge on any atom is 0.245 e. The van der Waals surface area contributed by atoms with E-state index in [1.807, 2.05) is 18.2 Å². The molecule has 1 atom stereocenters. The van der Waals surface area contributed by atoms with Gasteiger partial charge in [0.2, 0.25) is 19.5 Å². The van der Waals surface area contributed by atoms with Crippen molar-refractivity contribution in [2.45, 2.75) is 14.1 Å². The predicted octanol–water partition coefficient (Wildman–Crippen LogP) is 3.99. The Morgan fingerprint density at radius 3 is 2.00 bits per heavy atom. The Labute approximate surface area is 161 Å². The maximum atomic E-state index is 12.7. The van der Waals surface area contributed by atoms with Gasteiger partial charge in [-0.1, -0.05) is 83.3 Å². The Morgan fingerprint density at radius 2 is 1.48 bits per heavy atom. The molecule has 8 heteroatoms. The lowest BCUT2D eigenvalue weighted by Gasteiger charge is -2.25. The van der Waals surface area contributed by atoms with Crippen LogP contribution in [0.4, 0.5) is 0 Å². The summed E-state index contributed by atoms with van der Waals surface area (Å²) >= 11 is 17.4. The smallest absolute Gasteiger partial charge is 0.245 e. The second-order valence-electron chi connectivity index (χ2n) is 5.03. The summed E-state index contributed by atoms with van der Waals surface area (Å²) < 4.78 is 23.1. The first-order chi connectivity index (χ1) is 11.7. The first-order valence-electron chi connectivity index (χ1n) is 7.10. The highest BCUT2D eigenvalue weighted by Gasteiger charge is 2.44. The summed E-state index contributed by atoms with van der Waals surface area (Å²) in [5.74, 6) is -0.695. The monoisotopic (exact) mass is 417 g/mol. The molecule has 0 aliphatic carbocycles. The number of nitrogens with one attached hydrogen (secondary N) is 1. The van der Waals surface area contributed by atoms with Crippen LogP contribution in [-0.2, 0) is 14.6 Å². The van der Waals surface area contributed by atoms with Crippen LogP contribution in [0.5, 0.6) is 0 Å². The van der Waals surface area contributed by atoms with Gasteiger partial charge in [-0.15, -0.1) is 0 Å². The van der Waals surface area contributed by atoms with Crippen molar-refractivity contribution in [1.82, 2.24) is 5.32 Å². The number of carbonyl (C=O) groups excluding carboxylic acids is 1. The van der Waals surface area contributed by atoms with E-state index in [0.717, 1.165) is 5.56 Å². The van der Waals surface area contributed by atoms with Crippen molar-refractivity contribution in [3.8, 4) is 0 Å². The SMILES string of the molecule is O=C(/C=C/c1ccccc1)N[C@@H](C(Cl)(Cl)Cl)S(=O)(=O)c1ccccc1. The molecule has 1 N–H and O–H groups in total. The molecule has 2 rings (SSSR count). The van der Waals surface area contributed by atoms with Crippen LogP contribution in [0.3, 0.4) is 0 Å². The minimum absolute atomic E-state index is 0.0568. The Kier molecular flexibility index (Phi) is 6.52. The third kappa shape index (κ3) is 5.47. The number of hydrogen-bond donors (Lipinski definition) is 1. The summed E-state index contributed by atoms with van der Waals surface area (Å²) in [5, 5.41) is 0.521. The van der Waals surface area contributed by atoms with Crippen LogP contribution in [0, 0.1) is 0 Å². The van der Waals surface area contributed by atoms with Crippen LogP contribution < -0.4 is 5.32 Å². The average Bonchev–Trinajstić information content (AvgIpc) is 2.58. The molecule has 0 saturated carbocycles. The predicted molar refractivity (Wildman–Crippen MR) is 101 cm³/mol. The van der Waals surface area contributed by atoms with Gasteiger partial charge in [0.15, 0.2) is 5.37 Å². The molecule has 2 aromatic carbocycles. The highest BCUT2D eigenvalue weighted by molar-refractivity contribution is 7.92. The Bertz CT molecular complexity index is 848. The number of hydrogen-bond acceptors (Lipinski definition) is 3. The Morgan fingerprint density at radius 1 is 0.960 bits per heavy atom. The van der Waals surface area contributed by atoms with Crippen molar-refractivity contribution >= 4 is 56.6 Å². The van der Waals surface area contributed by atoms with Gasteiger partial charge < -0.3 is 5.32 Å². The van der Waals surface area contributed by atoms with Gasteiger partial charge in [-0.2, -0.15) is 0 Å². The Hall–Kier alpha value is -1.53. The van der Waals surface area contributed by atoms with Gasteiger partial charge in [0.05, 0.1) is 4.90 Å². The van der Waals surface area contributed by atoms with E-state index in [1.165, 1.54) is 24.3 Å². The van der Waals surface area contributed by atoms with Gasteiger partial charge in [-0.3, -0.25) is 4.79 Å². The second-order valence-corrected chi connectivity index (χ2v) is 9.43. The molecule has 25 heavy (non-hydrogen) atoms. The lowest BCUT2D eigenvalue weighted by Crippen LogP contribution is -2.48. The molecule has 132 valence electrons. The second kappa shape index (κ2) is 8.23. The lowest BCUT2D eigenvalue weighted by molar-refractivity contribution is -0.116. The van der Waals surface area contributed by atoms with E-state index >= 15 is 0 Å². The van der Waals surface area contributed by atoms with E-state index in [-0.39, 0.29) is 4.90 Å². The van der Waals surface area contributed by atoms with Crippen LogP contribution >= 0.6 is 34.8 Å². The molecule has 0 aromatic heterocycles. The molecule has 1 amide bonds. The summed E-state index contributed by atoms with van der Waals surface area (Å²) in [7, 11) is -4.10. The first-order valence-corrected chi connectivity index (χ1v) is 9.78. The molecule has 0 aliphatic heterocycles. The summed E-state index contributed by atoms with van der Waals surface area (Å²) in [4.78, 5) is 12.1. The highest BCUT2D eigenvalue weighted by atomic mass is 35.6. The molecule has 2 aromatic rings. The molecule has 4 nitrogen and oxygen atoms in total. The lowest BCUT2D eigenvalue weighted by atomic mass is 10.2. The maximum absolute atomic E-state index is 12.7. The standard InChI is InChI=1S/C17H14Cl3NO3S/c18-17(19,20)16(25(23,24)14-9-5-2-6-10-14)21-15(22)12-11-13-7-3-1-4-8-13/h1-12,16H,(H,21,22)/b12-11+/t16-/m1/s1. The molecule has 0 bridgehead atoms. The van der Waals surface area contributed by atoms with Crippen LogP contribution in [0.15, 0.2) is 71.6 Å². The number of alkyl halides is 3. The summed E-state index contributed by atoms with van der Waals surface area (Å²) in [6.45, 7) is 0. The van der Waals surface area contributed by atoms with Crippen LogP contribution in [0.1, 0.15) is 5.56 Å². The topological polar surface area (TPSA) is 63.2 Å². The molecule has 0 radical (unpaired) electrons. The van der Waals surface area contributed by atoms with Gasteiger partial charge in [0, 0.05) is 6.08 Å². The zero-order valence-electron chi connectivity index (χ0n) is 12.8. The fourth-order valence-electron chi connectivity index (χ4n) is 1.99. The third-order valence-electron chi connectivity index (χ3n) is 3.18. The molecule has 0 spiro atoms. The highest BCUT2D eigenvalue weighted by Crippen LogP contribution is 2.35. The van der Waals surface area contributed by atoms with Crippen LogP contribution in [0.2, 0.25) is 0 Å². The summed E-state index contributed by atoms with van der Waals surface area (Å²) in [6, 6.07) is 16.5. The van der Waals surface area contributed by atoms with Crippen LogP contribution in [0.25, 0.3) is 6.08 Å². The normalized spacial score (nSPS) is 13.6. The number of carbonyl (C=O) groups is 1. The number of amides is 1. The van der Waals surface area contributed by atoms with Crippen molar-refractivity contribution in [2.24, 2.45) is 0 Å². The minimum atomic E-state index is -4.10. The molecule has 0 unspecified atom stereocenters. The van der Waals surface area contributed by atoms with E-state index in [1.54, 1.807) is 30.3 Å². The molecule has 0 aliphatic rings. The van der Waals surface area contributed by atoms with E-state index in [2.05, 4.69) is 5.32 Å². The number of sulfone groups is 1. The Balaban J connectivity index is 2.25. The molecular formula is C17H14Cl3NO3S. The fraction of sp³-hybridized carbons (Fsp3) is 0.118. The van der Waals surface area contributed by atoms with Crippen molar-refractivity contribution in [2.75, 3.05) is 0 Å². The van der Waals surface area contributed by atoms with Gasteiger partial charge in [-0.05, 0) is 23.8 Å². The molecule has 0 heterocycles. The fourth-order valence-corrected chi connectivity index (χ4v) is 4.65. The zero-order chi connectivity index (χ0) is 18.5. The van der Waals surface area contributed by atoms with E-state index in [9.17, 15) is 13.2 Å². The van der Waals surface area contributed by atoms with E-state index in [4.69, 9.17) is 34.8 Å². The van der Waals surface area contributed by atoms with Gasteiger partial charge in [0.25, 0.3) is 0 Å². The number of halogens is 3. The van der Waals surface area contributed by atoms with Crippen molar-refractivity contribution < 1.29 is 13.2 Å². The molecule has 0 fully saturated rings. The van der Waals surface area contributed by atoms with Crippen molar-refractivity contribution in [3.63, 3.8) is 0 Å². The first kappa shape index (κ1) is 19.8. The van der Waals surface area contributed by atoms with Crippen LogP contribution in [-0.4, -0.2) is 23.5 Å². The van der Waals surface area contributed by atoms with Crippen molar-refractivity contribution in [1.29, 1.82) is 0 Å². The number of benzene rings is 2. The average molecular weight is 419 g/mol. The van der Waals surface area contributed by atoms with E-state index < -0.39 is 24.9 Å². The number of rotatable bonds is 5. The van der Waals surface area contributed by atoms with E-state index in [0.29, 0.717) is 0 Å². The minimum Gasteiger partial charge on any atom is -0.332 e. The zero-order valence-corrected chi connectivity index (χ0v) is 15.9. The quantitative estimate of drug-likeness (QED) is 0.590. The molecular weight excluding hydrogens is 405 g/mol. The van der Waals surface area contributed by atoms with Gasteiger partial charge in [-0.25, -0.2) is 8.42 Å². The largest absolute Gasteiger partial charge is 0.332 e. The summed E-state index contributed by atoms with van der Waals surface area (Å²) in [6.07, 6.45) is 2.71. The van der Waals surface area contributed by atoms with Crippen molar-refractivity contribution in [3.05, 3.63) is 72.3 Å². The van der Waals surface area contributed by atoms with Gasteiger partial charge >= 0.3 is 0 Å².